The van der Waals surface area contributed by atoms with E-state index in [1.54, 1.807) is 47.0 Å². The number of methoxy groups -OCH3 is 1. The average molecular weight is 674 g/mol. The average Bonchev–Trinajstić information content (AvgIpc) is 3.70. The van der Waals surface area contributed by atoms with Gasteiger partial charge in [-0.25, -0.2) is 0 Å². The van der Waals surface area contributed by atoms with Gasteiger partial charge in [0.25, 0.3) is 5.91 Å². The summed E-state index contributed by atoms with van der Waals surface area (Å²) in [6.07, 6.45) is 0.348. The van der Waals surface area contributed by atoms with Gasteiger partial charge in [-0.1, -0.05) is 49.4 Å². The van der Waals surface area contributed by atoms with Gasteiger partial charge in [0.15, 0.2) is 5.60 Å². The molecule has 4 atom stereocenters. The molecule has 1 N–H and O–H groups in total. The molecule has 0 aliphatic carbocycles. The van der Waals surface area contributed by atoms with Crippen LogP contribution in [0.2, 0.25) is 18.6 Å². The Balaban J connectivity index is 1.35. The molecular formula is C37H44FN3O6Si. The number of fused-ring (bicyclic) bond motifs is 2. The quantitative estimate of drug-likeness (QED) is 0.212. The Bertz CT molecular complexity index is 1680. The van der Waals surface area contributed by atoms with Gasteiger partial charge in [-0.2, -0.15) is 0 Å². The lowest BCUT2D eigenvalue weighted by atomic mass is 9.82. The monoisotopic (exact) mass is 673 g/mol. The second kappa shape index (κ2) is 13.4. The van der Waals surface area contributed by atoms with Crippen molar-refractivity contribution in [3.05, 3.63) is 89.5 Å². The van der Waals surface area contributed by atoms with Crippen LogP contribution in [0.1, 0.15) is 42.9 Å². The van der Waals surface area contributed by atoms with E-state index < -0.39 is 31.6 Å². The van der Waals surface area contributed by atoms with Crippen LogP contribution < -0.4 is 14.5 Å². The third-order valence-corrected chi connectivity index (χ3v) is 12.6. The Hall–Kier alpha value is -4.06. The van der Waals surface area contributed by atoms with Gasteiger partial charge in [-0.15, -0.1) is 0 Å². The highest BCUT2D eigenvalue weighted by molar-refractivity contribution is 6.72. The molecule has 1 spiro atoms. The van der Waals surface area contributed by atoms with Gasteiger partial charge in [0.1, 0.15) is 5.75 Å². The zero-order chi connectivity index (χ0) is 34.2. The maximum Gasteiger partial charge on any atom is 0.264 e. The minimum Gasteiger partial charge on any atom is -0.497 e. The molecule has 3 aromatic rings. The number of amides is 3. The van der Waals surface area contributed by atoms with E-state index in [9.17, 15) is 19.5 Å². The number of carbonyl (C=O) groups is 3. The van der Waals surface area contributed by atoms with Gasteiger partial charge >= 0.3 is 0 Å². The van der Waals surface area contributed by atoms with Crippen molar-refractivity contribution in [2.45, 2.75) is 69.6 Å². The number of carbonyl (C=O) groups excluding carboxylic acids is 3. The van der Waals surface area contributed by atoms with Crippen LogP contribution in [-0.2, 0) is 37.8 Å². The van der Waals surface area contributed by atoms with Crippen LogP contribution in [0.4, 0.5) is 15.5 Å². The van der Waals surface area contributed by atoms with Crippen molar-refractivity contribution >= 4 is 37.5 Å². The Labute approximate surface area is 282 Å². The van der Waals surface area contributed by atoms with Crippen molar-refractivity contribution < 1.29 is 33.1 Å². The number of nitrogens with zero attached hydrogens (tertiary/aromatic N) is 3. The Morgan fingerprint density at radius 3 is 2.50 bits per heavy atom. The van der Waals surface area contributed by atoms with Crippen molar-refractivity contribution in [3.8, 4) is 5.75 Å². The molecule has 2 saturated heterocycles. The highest BCUT2D eigenvalue weighted by Crippen LogP contribution is 2.60. The normalized spacial score (nSPS) is 23.7. The maximum atomic E-state index is 16.4. The molecule has 48 heavy (non-hydrogen) atoms. The van der Waals surface area contributed by atoms with Crippen molar-refractivity contribution in [1.29, 1.82) is 0 Å². The van der Waals surface area contributed by atoms with Gasteiger partial charge in [0.2, 0.25) is 20.2 Å². The van der Waals surface area contributed by atoms with E-state index in [0.717, 1.165) is 23.2 Å². The molecule has 0 bridgehead atoms. The van der Waals surface area contributed by atoms with E-state index in [4.69, 9.17) is 9.47 Å². The fraction of sp³-hybridized carbons (Fsp3) is 0.432. The summed E-state index contributed by atoms with van der Waals surface area (Å²) in [5.74, 6) is -0.542. The standard InChI is InChI=1S/C37H44FN3O6Si/c1-25-35(48(3,4)38)32(22-34(44)39(18-19-42)23-26-10-6-5-7-11-26)47-37(25)30-21-29(46-2)15-16-31(30)41(36(37)45)24-27-12-8-13-28(20-27)40-17-9-14-33(40)43/h5-8,10-13,15-16,20-21,25,32,35,42H,9,14,17-19,22-24H2,1-4H3/t25-,32+,35-,37+/m1/s1. The predicted octanol–water partition coefficient (Wildman–Crippen LogP) is 5.56. The topological polar surface area (TPSA) is 99.6 Å². The van der Waals surface area contributed by atoms with Crippen molar-refractivity contribution in [3.63, 3.8) is 0 Å². The van der Waals surface area contributed by atoms with Crippen molar-refractivity contribution in [2.75, 3.05) is 36.6 Å². The third-order valence-electron chi connectivity index (χ3n) is 10.1. The number of hydrogen-bond donors (Lipinski definition) is 1. The fourth-order valence-corrected chi connectivity index (χ4v) is 10.4. The number of halogens is 1. The Kier molecular flexibility index (Phi) is 9.48. The summed E-state index contributed by atoms with van der Waals surface area (Å²) in [4.78, 5) is 46.2. The summed E-state index contributed by atoms with van der Waals surface area (Å²) in [6.45, 7) is 6.16. The summed E-state index contributed by atoms with van der Waals surface area (Å²) in [5, 5.41) is 9.79. The smallest absolute Gasteiger partial charge is 0.264 e. The third kappa shape index (κ3) is 6.15. The summed E-state index contributed by atoms with van der Waals surface area (Å²) in [7, 11) is -1.97. The van der Waals surface area contributed by atoms with Crippen molar-refractivity contribution in [1.82, 2.24) is 4.90 Å². The maximum absolute atomic E-state index is 16.4. The van der Waals surface area contributed by atoms with Gasteiger partial charge < -0.3 is 33.4 Å². The van der Waals surface area contributed by atoms with E-state index in [1.165, 1.54) is 0 Å². The number of aliphatic hydroxyl groups is 1. The molecule has 3 amide bonds. The summed E-state index contributed by atoms with van der Waals surface area (Å²) >= 11 is 0. The molecule has 2 fully saturated rings. The molecule has 3 aliphatic heterocycles. The molecule has 3 heterocycles. The predicted molar refractivity (Wildman–Crippen MR) is 184 cm³/mol. The second-order valence-corrected chi connectivity index (χ2v) is 17.4. The zero-order valence-electron chi connectivity index (χ0n) is 28.0. The summed E-state index contributed by atoms with van der Waals surface area (Å²) < 4.78 is 28.8. The van der Waals surface area contributed by atoms with Gasteiger partial charge in [0.05, 0.1) is 38.5 Å². The molecule has 6 rings (SSSR count). The molecule has 0 aromatic heterocycles. The van der Waals surface area contributed by atoms with E-state index in [0.29, 0.717) is 36.5 Å². The summed E-state index contributed by atoms with van der Waals surface area (Å²) in [5.41, 5.74) is 1.60. The van der Waals surface area contributed by atoms with Gasteiger partial charge in [-0.05, 0) is 61.0 Å². The van der Waals surface area contributed by atoms with E-state index in [1.807, 2.05) is 67.6 Å². The lowest BCUT2D eigenvalue weighted by Crippen LogP contribution is -2.45. The van der Waals surface area contributed by atoms with Crippen LogP contribution >= 0.6 is 0 Å². The molecule has 3 aromatic carbocycles. The summed E-state index contributed by atoms with van der Waals surface area (Å²) in [6, 6.07) is 22.6. The Morgan fingerprint density at radius 1 is 1.08 bits per heavy atom. The van der Waals surface area contributed by atoms with Crippen LogP contribution in [0.3, 0.4) is 0 Å². The number of aliphatic hydroxyl groups excluding tert-OH is 1. The molecule has 0 saturated carbocycles. The zero-order valence-corrected chi connectivity index (χ0v) is 29.0. The van der Waals surface area contributed by atoms with E-state index >= 15 is 4.11 Å². The highest BCUT2D eigenvalue weighted by atomic mass is 28.4. The number of ether oxygens (including phenoxy) is 2. The Morgan fingerprint density at radius 2 is 1.83 bits per heavy atom. The second-order valence-electron chi connectivity index (χ2n) is 13.6. The van der Waals surface area contributed by atoms with Crippen LogP contribution in [0.15, 0.2) is 72.8 Å². The first kappa shape index (κ1) is 33.8. The number of benzene rings is 3. The lowest BCUT2D eigenvalue weighted by molar-refractivity contribution is -0.150. The molecule has 9 nitrogen and oxygen atoms in total. The lowest BCUT2D eigenvalue weighted by Gasteiger charge is -2.31. The highest BCUT2D eigenvalue weighted by Gasteiger charge is 2.67. The fourth-order valence-electron chi connectivity index (χ4n) is 7.95. The SMILES string of the molecule is COc1ccc2c(c1)[C@]1(O[C@@H](CC(=O)N(CCO)Cc3ccccc3)[C@H]([Si](C)(C)F)[C@H]1C)C(=O)N2Cc1cccc(N2CCCC2=O)c1. The van der Waals surface area contributed by atoms with Crippen LogP contribution in [0, 0.1) is 5.92 Å². The van der Waals surface area contributed by atoms with Crippen molar-refractivity contribution in [2.24, 2.45) is 5.92 Å². The molecular weight excluding hydrogens is 630 g/mol. The minimum absolute atomic E-state index is 0.0833. The van der Waals surface area contributed by atoms with E-state index in [2.05, 4.69) is 0 Å². The number of hydrogen-bond acceptors (Lipinski definition) is 6. The van der Waals surface area contributed by atoms with E-state index in [-0.39, 0.29) is 43.8 Å². The first-order valence-electron chi connectivity index (χ1n) is 16.7. The first-order valence-corrected chi connectivity index (χ1v) is 19.6. The van der Waals surface area contributed by atoms with Gasteiger partial charge in [-0.3, -0.25) is 14.4 Å². The molecule has 11 heteroatoms. The van der Waals surface area contributed by atoms with Crippen LogP contribution in [-0.4, -0.2) is 69.0 Å². The van der Waals surface area contributed by atoms with Crippen LogP contribution in [0.25, 0.3) is 0 Å². The molecule has 3 aliphatic rings. The molecule has 254 valence electrons. The van der Waals surface area contributed by atoms with Gasteiger partial charge in [0, 0.05) is 48.8 Å². The minimum atomic E-state index is -3.52. The number of rotatable bonds is 11. The largest absolute Gasteiger partial charge is 0.497 e. The number of anilines is 2. The first-order chi connectivity index (χ1) is 23.0. The molecule has 0 radical (unpaired) electrons. The van der Waals surface area contributed by atoms with Crippen LogP contribution in [0.5, 0.6) is 5.75 Å². The molecule has 0 unspecified atom stereocenters.